The fourth-order valence-corrected chi connectivity index (χ4v) is 8.81. The lowest BCUT2D eigenvalue weighted by Crippen LogP contribution is -2.38. The number of benzene rings is 3. The predicted molar refractivity (Wildman–Crippen MR) is 231 cm³/mol. The zero-order valence-electron chi connectivity index (χ0n) is 33.8. The number of carbonyl (C=O) groups excluding carboxylic acids is 2. The highest BCUT2D eigenvalue weighted by atomic mass is 35.5. The van der Waals surface area contributed by atoms with Gasteiger partial charge in [0.1, 0.15) is 12.0 Å². The van der Waals surface area contributed by atoms with Crippen LogP contribution in [0.2, 0.25) is 10.0 Å². The van der Waals surface area contributed by atoms with E-state index in [1.807, 2.05) is 62.8 Å². The van der Waals surface area contributed by atoms with E-state index >= 15 is 0 Å². The Hall–Kier alpha value is -4.61. The van der Waals surface area contributed by atoms with E-state index < -0.39 is 0 Å². The average molecular weight is 812 g/mol. The van der Waals surface area contributed by atoms with Crippen LogP contribution >= 0.6 is 23.2 Å². The molecule has 0 aliphatic carbocycles. The van der Waals surface area contributed by atoms with Crippen molar-refractivity contribution >= 4 is 63.3 Å². The molecule has 300 valence electrons. The Kier molecular flexibility index (Phi) is 12.4. The first kappa shape index (κ1) is 40.6. The standard InChI is InChI=1S/C45H52Cl2N6O4/c1-29-23-34(24-30(2)44(29)47)57-20-7-9-35-36-12-13-38(46)43(42-31(3)48-50(6)32(42)4)45(36)53(41(35)28-55)15-8-14-49(5)40-26-52(17-16-51-18-21-56-22-19-51)39-25-33(27-54)10-11-37(39)40/h10-13,23-28H,7-9,14-22H2,1-6H3. The molecule has 10 nitrogen and oxygen atoms in total. The van der Waals surface area contributed by atoms with Crippen LogP contribution in [0.15, 0.2) is 48.7 Å². The number of rotatable bonds is 16. The lowest BCUT2D eigenvalue weighted by molar-refractivity contribution is 0.0365. The van der Waals surface area contributed by atoms with E-state index in [0.717, 1.165) is 142 Å². The maximum absolute atomic E-state index is 13.2. The Morgan fingerprint density at radius 3 is 2.32 bits per heavy atom. The minimum Gasteiger partial charge on any atom is -0.494 e. The van der Waals surface area contributed by atoms with Gasteiger partial charge in [0.25, 0.3) is 0 Å². The summed E-state index contributed by atoms with van der Waals surface area (Å²) in [6.45, 7) is 14.9. The highest BCUT2D eigenvalue weighted by Crippen LogP contribution is 2.42. The van der Waals surface area contributed by atoms with Crippen molar-refractivity contribution in [2.45, 2.75) is 60.0 Å². The maximum atomic E-state index is 13.2. The third kappa shape index (κ3) is 8.23. The van der Waals surface area contributed by atoms with Gasteiger partial charge in [-0.05, 0) is 87.9 Å². The molecule has 0 unspecified atom stereocenters. The summed E-state index contributed by atoms with van der Waals surface area (Å²) in [6, 6.07) is 13.9. The van der Waals surface area contributed by atoms with E-state index in [0.29, 0.717) is 42.3 Å². The van der Waals surface area contributed by atoms with Gasteiger partial charge in [-0.2, -0.15) is 5.10 Å². The van der Waals surface area contributed by atoms with Gasteiger partial charge in [0.05, 0.1) is 53.0 Å². The molecule has 4 heterocycles. The summed E-state index contributed by atoms with van der Waals surface area (Å²) in [7, 11) is 4.06. The number of fused-ring (bicyclic) bond motifs is 2. The van der Waals surface area contributed by atoms with Gasteiger partial charge in [-0.15, -0.1) is 0 Å². The summed E-state index contributed by atoms with van der Waals surface area (Å²) in [6.07, 6.45) is 6.25. The molecule has 1 aliphatic heterocycles. The Morgan fingerprint density at radius 1 is 0.895 bits per heavy atom. The van der Waals surface area contributed by atoms with Crippen molar-refractivity contribution in [3.63, 3.8) is 0 Å². The highest BCUT2D eigenvalue weighted by Gasteiger charge is 2.25. The molecule has 12 heteroatoms. The van der Waals surface area contributed by atoms with Crippen molar-refractivity contribution in [1.82, 2.24) is 23.8 Å². The number of hydrogen-bond donors (Lipinski definition) is 0. The number of aldehydes is 2. The van der Waals surface area contributed by atoms with Gasteiger partial charge >= 0.3 is 0 Å². The molecule has 7 rings (SSSR count). The predicted octanol–water partition coefficient (Wildman–Crippen LogP) is 9.03. The number of aryl methyl sites for hydroxylation is 6. The Labute approximate surface area is 344 Å². The summed E-state index contributed by atoms with van der Waals surface area (Å²) in [4.78, 5) is 29.7. The van der Waals surface area contributed by atoms with Crippen molar-refractivity contribution < 1.29 is 19.1 Å². The van der Waals surface area contributed by atoms with E-state index in [1.165, 1.54) is 0 Å². The van der Waals surface area contributed by atoms with Gasteiger partial charge in [0.15, 0.2) is 6.29 Å². The molecular formula is C45H52Cl2N6O4. The van der Waals surface area contributed by atoms with E-state index in [-0.39, 0.29) is 0 Å². The Morgan fingerprint density at radius 2 is 1.63 bits per heavy atom. The third-order valence-electron chi connectivity index (χ3n) is 11.5. The number of nitrogens with zero attached hydrogens (tertiary/aromatic N) is 6. The second-order valence-corrected chi connectivity index (χ2v) is 16.1. The van der Waals surface area contributed by atoms with E-state index in [9.17, 15) is 9.59 Å². The van der Waals surface area contributed by atoms with Crippen LogP contribution in [-0.2, 0) is 31.3 Å². The fourth-order valence-electron chi connectivity index (χ4n) is 8.46. The van der Waals surface area contributed by atoms with Crippen molar-refractivity contribution in [2.24, 2.45) is 7.05 Å². The minimum absolute atomic E-state index is 0.492. The average Bonchev–Trinajstić information content (AvgIpc) is 3.81. The van der Waals surface area contributed by atoms with Gasteiger partial charge in [-0.3, -0.25) is 19.2 Å². The van der Waals surface area contributed by atoms with Crippen molar-refractivity contribution in [1.29, 1.82) is 0 Å². The lowest BCUT2D eigenvalue weighted by Gasteiger charge is -2.26. The first-order valence-corrected chi connectivity index (χ1v) is 20.5. The number of anilines is 1. The van der Waals surface area contributed by atoms with Crippen LogP contribution in [0.5, 0.6) is 5.75 Å². The zero-order chi connectivity index (χ0) is 40.4. The number of ether oxygens (including phenoxy) is 2. The number of morpholine rings is 1. The molecular weight excluding hydrogens is 759 g/mol. The van der Waals surface area contributed by atoms with Crippen LogP contribution in [0.3, 0.4) is 0 Å². The molecule has 0 bridgehead atoms. The molecule has 3 aromatic heterocycles. The van der Waals surface area contributed by atoms with E-state index in [2.05, 4.69) is 51.2 Å². The van der Waals surface area contributed by atoms with Gasteiger partial charge < -0.3 is 23.5 Å². The number of halogens is 2. The monoisotopic (exact) mass is 810 g/mol. The molecule has 0 atom stereocenters. The molecule has 6 aromatic rings. The first-order chi connectivity index (χ1) is 27.5. The van der Waals surface area contributed by atoms with Crippen LogP contribution in [-0.4, -0.2) is 89.4 Å². The molecule has 0 radical (unpaired) electrons. The number of carbonyl (C=O) groups is 2. The highest BCUT2D eigenvalue weighted by molar-refractivity contribution is 6.35. The minimum atomic E-state index is 0.492. The summed E-state index contributed by atoms with van der Waals surface area (Å²) in [5.74, 6) is 0.789. The van der Waals surface area contributed by atoms with Crippen LogP contribution < -0.4 is 9.64 Å². The van der Waals surface area contributed by atoms with Crippen LogP contribution in [0.4, 0.5) is 5.69 Å². The topological polar surface area (TPSA) is 86.8 Å². The van der Waals surface area contributed by atoms with Crippen molar-refractivity contribution in [3.05, 3.63) is 98.0 Å². The van der Waals surface area contributed by atoms with Gasteiger partial charge in [-0.25, -0.2) is 0 Å². The Bertz CT molecular complexity index is 2420. The fraction of sp³-hybridized carbons (Fsp3) is 0.400. The first-order valence-electron chi connectivity index (χ1n) is 19.8. The SMILES string of the molecule is Cc1cc(OCCCc2c(C=O)n(CCCN(C)c3cn(CCN4CCOCC4)c4cc(C=O)ccc34)c3c(-c4c(C)nn(C)c4C)c(Cl)ccc23)cc(C)c1Cl. The van der Waals surface area contributed by atoms with Crippen LogP contribution in [0, 0.1) is 27.7 Å². The lowest BCUT2D eigenvalue weighted by atomic mass is 9.98. The molecule has 0 saturated carbocycles. The van der Waals surface area contributed by atoms with E-state index in [1.54, 1.807) is 0 Å². The molecule has 0 N–H and O–H groups in total. The van der Waals surface area contributed by atoms with Gasteiger partial charge in [0, 0.05) is 97.7 Å². The van der Waals surface area contributed by atoms with Crippen LogP contribution in [0.1, 0.15) is 61.8 Å². The van der Waals surface area contributed by atoms with Gasteiger partial charge in [-0.1, -0.05) is 41.4 Å². The van der Waals surface area contributed by atoms with E-state index in [4.69, 9.17) is 37.8 Å². The molecule has 0 spiro atoms. The largest absolute Gasteiger partial charge is 0.494 e. The second kappa shape index (κ2) is 17.5. The summed E-state index contributed by atoms with van der Waals surface area (Å²) < 4.78 is 18.1. The quantitative estimate of drug-likeness (QED) is 0.0713. The van der Waals surface area contributed by atoms with Crippen molar-refractivity contribution in [3.8, 4) is 16.9 Å². The zero-order valence-corrected chi connectivity index (χ0v) is 35.3. The second-order valence-electron chi connectivity index (χ2n) is 15.3. The molecule has 0 amide bonds. The molecule has 3 aromatic carbocycles. The number of hydrogen-bond acceptors (Lipinski definition) is 7. The summed E-state index contributed by atoms with van der Waals surface area (Å²) in [5, 5.41) is 8.23. The van der Waals surface area contributed by atoms with Crippen LogP contribution in [0.25, 0.3) is 32.9 Å². The summed E-state index contributed by atoms with van der Waals surface area (Å²) in [5.41, 5.74) is 11.2. The number of aromatic nitrogens is 4. The van der Waals surface area contributed by atoms with Crippen molar-refractivity contribution in [2.75, 3.05) is 57.9 Å². The molecule has 1 aliphatic rings. The molecule has 1 fully saturated rings. The summed E-state index contributed by atoms with van der Waals surface area (Å²) >= 11 is 13.5. The van der Waals surface area contributed by atoms with Gasteiger partial charge in [0.2, 0.25) is 0 Å². The Balaban J connectivity index is 1.18. The maximum Gasteiger partial charge on any atom is 0.166 e. The molecule has 57 heavy (non-hydrogen) atoms. The normalized spacial score (nSPS) is 13.5. The third-order valence-corrected chi connectivity index (χ3v) is 12.4. The smallest absolute Gasteiger partial charge is 0.166 e. The molecule has 1 saturated heterocycles.